The summed E-state index contributed by atoms with van der Waals surface area (Å²) in [4.78, 5) is 15.7. The Hall–Kier alpha value is -6.95. The zero-order valence-corrected chi connectivity index (χ0v) is 29.7. The number of hydrogen-bond donors (Lipinski definition) is 0. The maximum absolute atomic E-state index is 6.34. The molecule has 0 N–H and O–H groups in total. The van der Waals surface area contributed by atoms with Crippen LogP contribution in [0.4, 0.5) is 0 Å². The molecule has 0 amide bonds. The van der Waals surface area contributed by atoms with E-state index in [4.69, 9.17) is 19.4 Å². The molecule has 0 aliphatic rings. The van der Waals surface area contributed by atoms with E-state index in [2.05, 4.69) is 158 Å². The molecule has 0 aliphatic heterocycles. The first-order chi connectivity index (χ1) is 26.7. The van der Waals surface area contributed by atoms with Gasteiger partial charge in [-0.2, -0.15) is 0 Å². The van der Waals surface area contributed by atoms with Gasteiger partial charge in [-0.15, -0.1) is 11.3 Å². The van der Waals surface area contributed by atoms with Gasteiger partial charge in [0.05, 0.1) is 0 Å². The molecule has 5 heteroatoms. The van der Waals surface area contributed by atoms with E-state index in [9.17, 15) is 0 Å². The van der Waals surface area contributed by atoms with Gasteiger partial charge in [-0.05, 0) is 87.6 Å². The van der Waals surface area contributed by atoms with Crippen LogP contribution in [0.5, 0.6) is 0 Å². The lowest BCUT2D eigenvalue weighted by molar-refractivity contribution is 0.669. The Morgan fingerprint density at radius 2 is 0.981 bits per heavy atom. The maximum atomic E-state index is 6.34. The van der Waals surface area contributed by atoms with Crippen molar-refractivity contribution in [3.8, 4) is 56.4 Å². The molecule has 0 saturated carbocycles. The number of hydrogen-bond acceptors (Lipinski definition) is 5. The summed E-state index contributed by atoms with van der Waals surface area (Å²) < 4.78 is 8.84. The first kappa shape index (κ1) is 30.7. The number of para-hydroxylation sites is 1. The third kappa shape index (κ3) is 5.09. The molecule has 54 heavy (non-hydrogen) atoms. The molecule has 0 fully saturated rings. The fourth-order valence-corrected chi connectivity index (χ4v) is 8.83. The normalized spacial score (nSPS) is 11.7. The minimum atomic E-state index is 0.616. The molecule has 3 aromatic heterocycles. The van der Waals surface area contributed by atoms with Crippen LogP contribution in [-0.4, -0.2) is 15.0 Å². The van der Waals surface area contributed by atoms with Crippen molar-refractivity contribution >= 4 is 64.2 Å². The summed E-state index contributed by atoms with van der Waals surface area (Å²) in [5.41, 5.74) is 8.90. The molecular formula is C49H29N3OS. The summed E-state index contributed by atoms with van der Waals surface area (Å²) >= 11 is 1.81. The van der Waals surface area contributed by atoms with Crippen molar-refractivity contribution in [1.29, 1.82) is 0 Å². The van der Waals surface area contributed by atoms with E-state index >= 15 is 0 Å². The molecule has 0 bridgehead atoms. The van der Waals surface area contributed by atoms with Crippen LogP contribution in [0.1, 0.15) is 0 Å². The number of thiophene rings is 1. The largest absolute Gasteiger partial charge is 0.456 e. The molecule has 0 radical (unpaired) electrons. The van der Waals surface area contributed by atoms with Crippen LogP contribution < -0.4 is 0 Å². The Labute approximate surface area is 314 Å². The first-order valence-corrected chi connectivity index (χ1v) is 18.8. The van der Waals surface area contributed by atoms with E-state index in [1.54, 1.807) is 0 Å². The lowest BCUT2D eigenvalue weighted by Crippen LogP contribution is -2.01. The highest BCUT2D eigenvalue weighted by molar-refractivity contribution is 7.25. The van der Waals surface area contributed by atoms with Gasteiger partial charge in [0.2, 0.25) is 0 Å². The van der Waals surface area contributed by atoms with Crippen molar-refractivity contribution in [2.24, 2.45) is 0 Å². The van der Waals surface area contributed by atoms with Crippen molar-refractivity contribution in [3.05, 3.63) is 176 Å². The molecule has 8 aromatic carbocycles. The molecular weight excluding hydrogens is 679 g/mol. The zero-order valence-electron chi connectivity index (χ0n) is 28.9. The molecule has 0 unspecified atom stereocenters. The molecule has 0 spiro atoms. The topological polar surface area (TPSA) is 51.8 Å². The molecule has 0 saturated heterocycles. The molecule has 11 aromatic rings. The van der Waals surface area contributed by atoms with E-state index in [0.717, 1.165) is 71.7 Å². The van der Waals surface area contributed by atoms with Gasteiger partial charge < -0.3 is 4.42 Å². The molecule has 0 aliphatic carbocycles. The van der Waals surface area contributed by atoms with Crippen molar-refractivity contribution < 1.29 is 4.42 Å². The number of nitrogens with zero attached hydrogens (tertiary/aromatic N) is 3. The van der Waals surface area contributed by atoms with Crippen LogP contribution in [0.15, 0.2) is 180 Å². The zero-order chi connectivity index (χ0) is 35.6. The van der Waals surface area contributed by atoms with Crippen LogP contribution in [0.2, 0.25) is 0 Å². The van der Waals surface area contributed by atoms with Gasteiger partial charge in [-0.3, -0.25) is 0 Å². The minimum absolute atomic E-state index is 0.616. The van der Waals surface area contributed by atoms with Crippen LogP contribution in [0.25, 0.3) is 109 Å². The third-order valence-electron chi connectivity index (χ3n) is 10.3. The van der Waals surface area contributed by atoms with Crippen molar-refractivity contribution in [1.82, 2.24) is 15.0 Å². The number of rotatable bonds is 5. The summed E-state index contributed by atoms with van der Waals surface area (Å²) in [5.74, 6) is 1.88. The van der Waals surface area contributed by atoms with Gasteiger partial charge in [0.25, 0.3) is 0 Å². The predicted octanol–water partition coefficient (Wildman–Crippen LogP) is 13.6. The van der Waals surface area contributed by atoms with Crippen LogP contribution in [0, 0.1) is 0 Å². The summed E-state index contributed by atoms with van der Waals surface area (Å²) in [6, 6.07) is 61.6. The van der Waals surface area contributed by atoms with Crippen molar-refractivity contribution in [3.63, 3.8) is 0 Å². The quantitative estimate of drug-likeness (QED) is 0.179. The minimum Gasteiger partial charge on any atom is -0.456 e. The van der Waals surface area contributed by atoms with E-state index in [1.807, 2.05) is 29.5 Å². The highest BCUT2D eigenvalue weighted by Gasteiger charge is 2.19. The van der Waals surface area contributed by atoms with Crippen LogP contribution >= 0.6 is 11.3 Å². The maximum Gasteiger partial charge on any atom is 0.164 e. The molecule has 11 rings (SSSR count). The summed E-state index contributed by atoms with van der Waals surface area (Å²) in [5, 5.41) is 6.92. The standard InChI is InChI=1S/C49H29N3OS/c1-2-12-30(13-3-1)35-15-6-7-19-40(35)49-51-47(33-23-25-46-42(27-33)39-18-9-11-21-45(39)54-46)50-48(52-49)34-26-31-14-4-5-16-36(31)41(28-34)32-22-24-38-37-17-8-10-20-43(37)53-44(38)29-32/h1-29H. The van der Waals surface area contributed by atoms with Gasteiger partial charge in [-0.1, -0.05) is 121 Å². The third-order valence-corrected chi connectivity index (χ3v) is 11.5. The number of benzene rings is 8. The van der Waals surface area contributed by atoms with Crippen LogP contribution in [0.3, 0.4) is 0 Å². The smallest absolute Gasteiger partial charge is 0.164 e. The summed E-state index contributed by atoms with van der Waals surface area (Å²) in [6.07, 6.45) is 0. The summed E-state index contributed by atoms with van der Waals surface area (Å²) in [7, 11) is 0. The van der Waals surface area contributed by atoms with E-state index in [0.29, 0.717) is 17.5 Å². The van der Waals surface area contributed by atoms with E-state index in [1.165, 1.54) is 20.2 Å². The Kier molecular flexibility index (Phi) is 7.00. The average Bonchev–Trinajstić information content (AvgIpc) is 3.81. The summed E-state index contributed by atoms with van der Waals surface area (Å²) in [6.45, 7) is 0. The number of fused-ring (bicyclic) bond motifs is 7. The fourth-order valence-electron chi connectivity index (χ4n) is 7.74. The molecule has 3 heterocycles. The molecule has 252 valence electrons. The second-order valence-electron chi connectivity index (χ2n) is 13.6. The average molecular weight is 708 g/mol. The Bertz CT molecular complexity index is 3230. The lowest BCUT2D eigenvalue weighted by atomic mass is 9.94. The highest BCUT2D eigenvalue weighted by Crippen LogP contribution is 2.40. The van der Waals surface area contributed by atoms with Gasteiger partial charge >= 0.3 is 0 Å². The Balaban J connectivity index is 1.14. The molecule has 4 nitrogen and oxygen atoms in total. The highest BCUT2D eigenvalue weighted by atomic mass is 32.1. The fraction of sp³-hybridized carbons (Fsp3) is 0. The molecule has 0 atom stereocenters. The van der Waals surface area contributed by atoms with Crippen molar-refractivity contribution in [2.75, 3.05) is 0 Å². The Morgan fingerprint density at radius 1 is 0.333 bits per heavy atom. The number of furan rings is 1. The van der Waals surface area contributed by atoms with Gasteiger partial charge in [0, 0.05) is 47.6 Å². The van der Waals surface area contributed by atoms with Crippen molar-refractivity contribution in [2.45, 2.75) is 0 Å². The first-order valence-electron chi connectivity index (χ1n) is 18.0. The second kappa shape index (κ2) is 12.3. The second-order valence-corrected chi connectivity index (χ2v) is 14.7. The van der Waals surface area contributed by atoms with Gasteiger partial charge in [0.1, 0.15) is 11.2 Å². The van der Waals surface area contributed by atoms with Gasteiger partial charge in [-0.25, -0.2) is 15.0 Å². The Morgan fingerprint density at radius 3 is 1.87 bits per heavy atom. The number of aromatic nitrogens is 3. The lowest BCUT2D eigenvalue weighted by Gasteiger charge is -2.14. The van der Waals surface area contributed by atoms with Crippen LogP contribution in [-0.2, 0) is 0 Å². The monoisotopic (exact) mass is 707 g/mol. The van der Waals surface area contributed by atoms with Gasteiger partial charge in [0.15, 0.2) is 17.5 Å². The SMILES string of the molecule is c1ccc(-c2ccccc2-c2nc(-c3cc(-c4ccc5c(c4)oc4ccccc45)c4ccccc4c3)nc(-c3ccc4sc5ccccc5c4c3)n2)cc1. The predicted molar refractivity (Wildman–Crippen MR) is 225 cm³/mol. The van der Waals surface area contributed by atoms with E-state index in [-0.39, 0.29) is 0 Å². The van der Waals surface area contributed by atoms with E-state index < -0.39 is 0 Å².